The first-order chi connectivity index (χ1) is 10.1. The Bertz CT molecular complexity index is 389. The third kappa shape index (κ3) is 5.75. The van der Waals surface area contributed by atoms with Crippen molar-refractivity contribution in [1.82, 2.24) is 9.80 Å². The standard InChI is InChI=1S/C17H28N2O2/c1-15(2)21-13-12-18-8-10-19(11-9-18)14-17(20)16-6-4-3-5-7-16/h3-7,15,17,20H,8-14H2,1-2H3/t17-/m0/s1. The fourth-order valence-corrected chi connectivity index (χ4v) is 2.64. The number of hydrogen-bond acceptors (Lipinski definition) is 4. The second kappa shape index (κ2) is 8.49. The molecule has 118 valence electrons. The van der Waals surface area contributed by atoms with Crippen LogP contribution in [0.4, 0.5) is 0 Å². The van der Waals surface area contributed by atoms with Gasteiger partial charge >= 0.3 is 0 Å². The smallest absolute Gasteiger partial charge is 0.0916 e. The molecular formula is C17H28N2O2. The molecule has 21 heavy (non-hydrogen) atoms. The van der Waals surface area contributed by atoms with E-state index < -0.39 is 0 Å². The lowest BCUT2D eigenvalue weighted by Gasteiger charge is -2.35. The largest absolute Gasteiger partial charge is 0.387 e. The van der Waals surface area contributed by atoms with Crippen LogP contribution >= 0.6 is 0 Å². The van der Waals surface area contributed by atoms with Crippen LogP contribution < -0.4 is 0 Å². The van der Waals surface area contributed by atoms with Crippen molar-refractivity contribution in [3.05, 3.63) is 35.9 Å². The van der Waals surface area contributed by atoms with Crippen LogP contribution in [0.25, 0.3) is 0 Å². The molecule has 4 heteroatoms. The number of aliphatic hydroxyl groups excluding tert-OH is 1. The molecule has 4 nitrogen and oxygen atoms in total. The maximum Gasteiger partial charge on any atom is 0.0916 e. The predicted octanol–water partition coefficient (Wildman–Crippen LogP) is 1.76. The van der Waals surface area contributed by atoms with Gasteiger partial charge in [-0.1, -0.05) is 30.3 Å². The number of piperazine rings is 1. The molecule has 1 aliphatic heterocycles. The average Bonchev–Trinajstić information content (AvgIpc) is 2.49. The van der Waals surface area contributed by atoms with E-state index in [-0.39, 0.29) is 6.10 Å². The van der Waals surface area contributed by atoms with Gasteiger partial charge in [0.2, 0.25) is 0 Å². The monoisotopic (exact) mass is 292 g/mol. The number of hydrogen-bond donors (Lipinski definition) is 1. The van der Waals surface area contributed by atoms with Crippen LogP contribution in [-0.2, 0) is 4.74 Å². The molecule has 0 spiro atoms. The highest BCUT2D eigenvalue weighted by Gasteiger charge is 2.19. The van der Waals surface area contributed by atoms with E-state index in [1.165, 1.54) is 0 Å². The van der Waals surface area contributed by atoms with Crippen LogP contribution in [0.2, 0.25) is 0 Å². The fraction of sp³-hybridized carbons (Fsp3) is 0.647. The third-order valence-corrected chi connectivity index (χ3v) is 3.94. The van der Waals surface area contributed by atoms with Gasteiger partial charge in [0, 0.05) is 39.3 Å². The lowest BCUT2D eigenvalue weighted by atomic mass is 10.1. The maximum atomic E-state index is 10.3. The van der Waals surface area contributed by atoms with Gasteiger partial charge in [-0.3, -0.25) is 9.80 Å². The summed E-state index contributed by atoms with van der Waals surface area (Å²) >= 11 is 0. The molecule has 1 aromatic carbocycles. The quantitative estimate of drug-likeness (QED) is 0.831. The summed E-state index contributed by atoms with van der Waals surface area (Å²) in [4.78, 5) is 4.78. The Morgan fingerprint density at radius 1 is 1.05 bits per heavy atom. The van der Waals surface area contributed by atoms with E-state index in [1.54, 1.807) is 0 Å². The summed E-state index contributed by atoms with van der Waals surface area (Å²) in [6.45, 7) is 10.8. The van der Waals surface area contributed by atoms with E-state index in [0.717, 1.165) is 51.4 Å². The molecule has 1 heterocycles. The Kier molecular flexibility index (Phi) is 6.64. The Balaban J connectivity index is 1.67. The number of benzene rings is 1. The first-order valence-electron chi connectivity index (χ1n) is 7.94. The minimum Gasteiger partial charge on any atom is -0.387 e. The van der Waals surface area contributed by atoms with Crippen molar-refractivity contribution >= 4 is 0 Å². The first-order valence-corrected chi connectivity index (χ1v) is 7.94. The SMILES string of the molecule is CC(C)OCCN1CCN(C[C@H](O)c2ccccc2)CC1. The van der Waals surface area contributed by atoms with E-state index >= 15 is 0 Å². The summed E-state index contributed by atoms with van der Waals surface area (Å²) in [5.41, 5.74) is 1.00. The summed E-state index contributed by atoms with van der Waals surface area (Å²) in [5.74, 6) is 0. The summed E-state index contributed by atoms with van der Waals surface area (Å²) in [7, 11) is 0. The van der Waals surface area contributed by atoms with Crippen LogP contribution in [0.3, 0.4) is 0 Å². The molecule has 1 fully saturated rings. The van der Waals surface area contributed by atoms with Crippen LogP contribution in [0.15, 0.2) is 30.3 Å². The van der Waals surface area contributed by atoms with Gasteiger partial charge in [-0.15, -0.1) is 0 Å². The first kappa shape index (κ1) is 16.4. The zero-order valence-corrected chi connectivity index (χ0v) is 13.2. The van der Waals surface area contributed by atoms with Crippen LogP contribution in [0.1, 0.15) is 25.5 Å². The number of ether oxygens (including phenoxy) is 1. The van der Waals surface area contributed by atoms with E-state index in [1.807, 2.05) is 30.3 Å². The van der Waals surface area contributed by atoms with Crippen molar-refractivity contribution in [3.63, 3.8) is 0 Å². The van der Waals surface area contributed by atoms with Crippen molar-refractivity contribution < 1.29 is 9.84 Å². The summed E-state index contributed by atoms with van der Waals surface area (Å²) in [5, 5.41) is 10.3. The molecule has 0 amide bonds. The van der Waals surface area contributed by atoms with Gasteiger partial charge in [-0.05, 0) is 19.4 Å². The highest BCUT2D eigenvalue weighted by atomic mass is 16.5. The highest BCUT2D eigenvalue weighted by molar-refractivity contribution is 5.17. The molecule has 0 saturated carbocycles. The number of β-amino-alcohol motifs (C(OH)–C–C–N with tert-alkyl or cyclic N) is 1. The van der Waals surface area contributed by atoms with Crippen molar-refractivity contribution in [1.29, 1.82) is 0 Å². The lowest BCUT2D eigenvalue weighted by molar-refractivity contribution is 0.0347. The molecular weight excluding hydrogens is 264 g/mol. The molecule has 1 saturated heterocycles. The summed E-state index contributed by atoms with van der Waals surface area (Å²) in [6, 6.07) is 9.92. The molecule has 1 atom stereocenters. The summed E-state index contributed by atoms with van der Waals surface area (Å²) < 4.78 is 5.60. The van der Waals surface area contributed by atoms with Gasteiger partial charge in [0.25, 0.3) is 0 Å². The third-order valence-electron chi connectivity index (χ3n) is 3.94. The van der Waals surface area contributed by atoms with Crippen molar-refractivity contribution in [2.24, 2.45) is 0 Å². The maximum absolute atomic E-state index is 10.3. The van der Waals surface area contributed by atoms with Gasteiger partial charge < -0.3 is 9.84 Å². The Morgan fingerprint density at radius 2 is 1.67 bits per heavy atom. The summed E-state index contributed by atoms with van der Waals surface area (Å²) in [6.07, 6.45) is -0.0747. The normalized spacial score (nSPS) is 19.0. The molecule has 1 N–H and O–H groups in total. The van der Waals surface area contributed by atoms with Crippen molar-refractivity contribution in [2.45, 2.75) is 26.1 Å². The van der Waals surface area contributed by atoms with Gasteiger partial charge in [0.15, 0.2) is 0 Å². The van der Waals surface area contributed by atoms with Gasteiger partial charge in [0.05, 0.1) is 18.8 Å². The minimum atomic E-state index is -0.387. The molecule has 0 radical (unpaired) electrons. The second-order valence-corrected chi connectivity index (χ2v) is 5.99. The second-order valence-electron chi connectivity index (χ2n) is 5.99. The molecule has 1 aliphatic rings. The number of aliphatic hydroxyl groups is 1. The lowest BCUT2D eigenvalue weighted by Crippen LogP contribution is -2.48. The van der Waals surface area contributed by atoms with Crippen LogP contribution in [0.5, 0.6) is 0 Å². The van der Waals surface area contributed by atoms with E-state index in [2.05, 4.69) is 23.6 Å². The van der Waals surface area contributed by atoms with Crippen molar-refractivity contribution in [3.8, 4) is 0 Å². The van der Waals surface area contributed by atoms with Crippen LogP contribution in [0, 0.1) is 0 Å². The molecule has 0 unspecified atom stereocenters. The molecule has 0 aromatic heterocycles. The zero-order valence-electron chi connectivity index (χ0n) is 13.2. The van der Waals surface area contributed by atoms with Crippen LogP contribution in [-0.4, -0.2) is 66.9 Å². The molecule has 1 aromatic rings. The number of rotatable bonds is 7. The van der Waals surface area contributed by atoms with Crippen molar-refractivity contribution in [2.75, 3.05) is 45.9 Å². The zero-order chi connectivity index (χ0) is 15.1. The Hall–Kier alpha value is -0.940. The predicted molar refractivity (Wildman–Crippen MR) is 85.4 cm³/mol. The molecule has 0 aliphatic carbocycles. The topological polar surface area (TPSA) is 35.9 Å². The van der Waals surface area contributed by atoms with Gasteiger partial charge in [-0.2, -0.15) is 0 Å². The van der Waals surface area contributed by atoms with E-state index in [0.29, 0.717) is 6.10 Å². The van der Waals surface area contributed by atoms with Gasteiger partial charge in [0.1, 0.15) is 0 Å². The van der Waals surface area contributed by atoms with E-state index in [4.69, 9.17) is 4.74 Å². The van der Waals surface area contributed by atoms with E-state index in [9.17, 15) is 5.11 Å². The fourth-order valence-electron chi connectivity index (χ4n) is 2.64. The Labute approximate surface area is 128 Å². The average molecular weight is 292 g/mol. The minimum absolute atomic E-state index is 0.312. The highest BCUT2D eigenvalue weighted by Crippen LogP contribution is 2.14. The number of nitrogens with zero attached hydrogens (tertiary/aromatic N) is 2. The van der Waals surface area contributed by atoms with Gasteiger partial charge in [-0.25, -0.2) is 0 Å². The molecule has 2 rings (SSSR count). The Morgan fingerprint density at radius 3 is 2.29 bits per heavy atom. The molecule has 0 bridgehead atoms.